The number of aliphatic imine (C=N–C) groups is 1. The molecule has 3 aromatic carbocycles. The Labute approximate surface area is 242 Å². The Morgan fingerprint density at radius 1 is 1.07 bits per heavy atom. The Kier molecular flexibility index (Phi) is 7.57. The second kappa shape index (κ2) is 11.1. The minimum atomic E-state index is -0.693. The Balaban J connectivity index is 1.57. The Bertz CT molecular complexity index is 1750. The van der Waals surface area contributed by atoms with E-state index in [-0.39, 0.29) is 17.7 Å². The van der Waals surface area contributed by atoms with Gasteiger partial charge >= 0.3 is 0 Å². The number of nitrogens with two attached hydrogens (primary N) is 1. The van der Waals surface area contributed by atoms with Gasteiger partial charge in [0.05, 0.1) is 29.5 Å². The van der Waals surface area contributed by atoms with Crippen molar-refractivity contribution in [2.24, 2.45) is 10.9 Å². The fraction of sp³-hybridized carbons (Fsp3) is 0.219. The molecule has 0 aliphatic heterocycles. The zero-order chi connectivity index (χ0) is 30.2. The normalized spacial score (nSPS) is 13.9. The standard InChI is InChI=1S/C32H31FN4O5/c1-17-14-27(40-5)25(30(38)37-32(12-13-32)18(2)36-19(3)42-34)16-23(17)21-8-11-26-24(15-21)28(31(39)35-4)29(41-26)20-6-9-22(33)10-7-20/h6-11,14-16H,2,12-13,34H2,1,3-5H3,(H,35,39)(H,37,38). The summed E-state index contributed by atoms with van der Waals surface area (Å²) in [6, 6.07) is 14.8. The molecule has 0 radical (unpaired) electrons. The maximum Gasteiger partial charge on any atom is 0.255 e. The molecule has 4 aromatic rings. The number of halogens is 1. The summed E-state index contributed by atoms with van der Waals surface area (Å²) in [4.78, 5) is 35.5. The number of hydrogen-bond donors (Lipinski definition) is 3. The molecule has 1 heterocycles. The van der Waals surface area contributed by atoms with Gasteiger partial charge in [0, 0.05) is 24.9 Å². The molecule has 1 aliphatic rings. The van der Waals surface area contributed by atoms with Crippen molar-refractivity contribution in [2.45, 2.75) is 32.2 Å². The van der Waals surface area contributed by atoms with Gasteiger partial charge in [0.2, 0.25) is 5.90 Å². The fourth-order valence-electron chi connectivity index (χ4n) is 4.98. The number of ether oxygens (including phenoxy) is 1. The van der Waals surface area contributed by atoms with Crippen molar-refractivity contribution in [3.63, 3.8) is 0 Å². The molecule has 42 heavy (non-hydrogen) atoms. The van der Waals surface area contributed by atoms with E-state index in [0.29, 0.717) is 57.7 Å². The molecule has 0 spiro atoms. The van der Waals surface area contributed by atoms with Crippen molar-refractivity contribution in [1.29, 1.82) is 0 Å². The molecule has 0 bridgehead atoms. The van der Waals surface area contributed by atoms with E-state index in [1.807, 2.05) is 19.1 Å². The van der Waals surface area contributed by atoms with Crippen LogP contribution >= 0.6 is 0 Å². The van der Waals surface area contributed by atoms with Gasteiger partial charge in [0.1, 0.15) is 22.9 Å². The van der Waals surface area contributed by atoms with Gasteiger partial charge in [-0.05, 0) is 85.0 Å². The van der Waals surface area contributed by atoms with Crippen molar-refractivity contribution in [2.75, 3.05) is 14.2 Å². The van der Waals surface area contributed by atoms with Crippen molar-refractivity contribution in [1.82, 2.24) is 10.6 Å². The van der Waals surface area contributed by atoms with E-state index in [1.54, 1.807) is 37.3 Å². The van der Waals surface area contributed by atoms with Crippen LogP contribution in [0.25, 0.3) is 33.4 Å². The van der Waals surface area contributed by atoms with Crippen molar-refractivity contribution < 1.29 is 28.0 Å². The summed E-state index contributed by atoms with van der Waals surface area (Å²) >= 11 is 0. The quantitative estimate of drug-likeness (QED) is 0.142. The number of carbonyl (C=O) groups is 2. The second-order valence-electron chi connectivity index (χ2n) is 10.2. The highest BCUT2D eigenvalue weighted by Crippen LogP contribution is 2.43. The maximum absolute atomic E-state index is 13.6. The molecule has 10 heteroatoms. The molecule has 0 saturated heterocycles. The molecule has 2 amide bonds. The first-order chi connectivity index (χ1) is 20.1. The lowest BCUT2D eigenvalue weighted by atomic mass is 9.95. The highest BCUT2D eigenvalue weighted by molar-refractivity contribution is 6.12. The van der Waals surface area contributed by atoms with Crippen LogP contribution in [-0.2, 0) is 4.84 Å². The Hall–Kier alpha value is -4.96. The molecule has 1 saturated carbocycles. The van der Waals surface area contributed by atoms with E-state index in [9.17, 15) is 14.0 Å². The number of nitrogens with zero attached hydrogens (tertiary/aromatic N) is 1. The fourth-order valence-corrected chi connectivity index (χ4v) is 4.98. The number of nitrogens with one attached hydrogen (secondary N) is 2. The van der Waals surface area contributed by atoms with E-state index >= 15 is 0 Å². The van der Waals surface area contributed by atoms with Crippen molar-refractivity contribution in [3.8, 4) is 28.2 Å². The number of fused-ring (bicyclic) bond motifs is 1. The Morgan fingerprint density at radius 3 is 2.38 bits per heavy atom. The highest BCUT2D eigenvalue weighted by atomic mass is 19.1. The van der Waals surface area contributed by atoms with E-state index < -0.39 is 11.4 Å². The van der Waals surface area contributed by atoms with Crippen LogP contribution in [0.5, 0.6) is 5.75 Å². The van der Waals surface area contributed by atoms with E-state index in [0.717, 1.165) is 16.7 Å². The summed E-state index contributed by atoms with van der Waals surface area (Å²) in [5.41, 5.74) is 3.88. The SMILES string of the molecule is C=C(N=C(C)ON)C1(NC(=O)c2cc(-c3ccc4oc(-c5ccc(F)cc5)c(C(=O)NC)c4c3)c(C)cc2OC)CC1. The first-order valence-electron chi connectivity index (χ1n) is 13.3. The molecule has 0 atom stereocenters. The Morgan fingerprint density at radius 2 is 1.76 bits per heavy atom. The van der Waals surface area contributed by atoms with Crippen LogP contribution < -0.4 is 21.3 Å². The third-order valence-electron chi connectivity index (χ3n) is 7.47. The summed E-state index contributed by atoms with van der Waals surface area (Å²) in [7, 11) is 3.04. The number of amides is 2. The topological polar surface area (TPSA) is 128 Å². The summed E-state index contributed by atoms with van der Waals surface area (Å²) < 4.78 is 25.2. The van der Waals surface area contributed by atoms with Gasteiger partial charge in [-0.3, -0.25) is 9.59 Å². The highest BCUT2D eigenvalue weighted by Gasteiger charge is 2.47. The van der Waals surface area contributed by atoms with Crippen LogP contribution in [-0.4, -0.2) is 37.4 Å². The van der Waals surface area contributed by atoms with E-state index in [1.165, 1.54) is 26.3 Å². The zero-order valence-corrected chi connectivity index (χ0v) is 23.8. The van der Waals surface area contributed by atoms with Crippen LogP contribution in [0.15, 0.2) is 76.3 Å². The smallest absolute Gasteiger partial charge is 0.255 e. The van der Waals surface area contributed by atoms with Crippen molar-refractivity contribution >= 4 is 28.7 Å². The summed E-state index contributed by atoms with van der Waals surface area (Å²) in [6.07, 6.45) is 1.35. The number of carbonyl (C=O) groups excluding carboxylic acids is 2. The van der Waals surface area contributed by atoms with Crippen molar-refractivity contribution in [3.05, 3.63) is 89.4 Å². The predicted molar refractivity (Wildman–Crippen MR) is 159 cm³/mol. The molecule has 9 nitrogen and oxygen atoms in total. The van der Waals surface area contributed by atoms with Gasteiger partial charge in [-0.25, -0.2) is 9.38 Å². The van der Waals surface area contributed by atoms with Gasteiger partial charge in [0.15, 0.2) is 0 Å². The van der Waals surface area contributed by atoms with Crippen LogP contribution in [0.2, 0.25) is 0 Å². The first kappa shape index (κ1) is 28.6. The summed E-state index contributed by atoms with van der Waals surface area (Å²) in [5, 5.41) is 6.30. The average molecular weight is 571 g/mol. The summed E-state index contributed by atoms with van der Waals surface area (Å²) in [5.74, 6) is 5.09. The minimum absolute atomic E-state index is 0.240. The lowest BCUT2D eigenvalue weighted by Gasteiger charge is -2.20. The van der Waals surface area contributed by atoms with Gasteiger partial charge < -0.3 is 24.6 Å². The maximum atomic E-state index is 13.6. The first-order valence-corrected chi connectivity index (χ1v) is 13.3. The zero-order valence-electron chi connectivity index (χ0n) is 23.8. The molecule has 216 valence electrons. The molecular formula is C32H31FN4O5. The minimum Gasteiger partial charge on any atom is -0.496 e. The third kappa shape index (κ3) is 5.24. The molecule has 1 aliphatic carbocycles. The summed E-state index contributed by atoms with van der Waals surface area (Å²) in [6.45, 7) is 7.52. The van der Waals surface area contributed by atoms with E-state index in [2.05, 4.69) is 27.0 Å². The third-order valence-corrected chi connectivity index (χ3v) is 7.47. The number of furan rings is 1. The lowest BCUT2D eigenvalue weighted by molar-refractivity contribution is 0.0932. The van der Waals surface area contributed by atoms with Gasteiger partial charge in [-0.1, -0.05) is 12.6 Å². The average Bonchev–Trinajstić information content (AvgIpc) is 3.68. The van der Waals surface area contributed by atoms with Gasteiger partial charge in [-0.2, -0.15) is 5.90 Å². The number of benzene rings is 3. The van der Waals surface area contributed by atoms with E-state index in [4.69, 9.17) is 15.1 Å². The monoisotopic (exact) mass is 570 g/mol. The van der Waals surface area contributed by atoms with Crippen LogP contribution in [0.1, 0.15) is 46.0 Å². The van der Waals surface area contributed by atoms with Crippen LogP contribution in [0.4, 0.5) is 4.39 Å². The molecule has 0 unspecified atom stereocenters. The molecule has 5 rings (SSSR count). The molecule has 1 fully saturated rings. The molecule has 1 aromatic heterocycles. The number of rotatable bonds is 8. The lowest BCUT2D eigenvalue weighted by Crippen LogP contribution is -2.38. The van der Waals surface area contributed by atoms with Crippen LogP contribution in [0.3, 0.4) is 0 Å². The van der Waals surface area contributed by atoms with Crippen LogP contribution in [0, 0.1) is 12.7 Å². The number of hydrogen-bond acceptors (Lipinski definition) is 7. The largest absolute Gasteiger partial charge is 0.496 e. The second-order valence-corrected chi connectivity index (χ2v) is 10.2. The molecule has 4 N–H and O–H groups in total. The van der Waals surface area contributed by atoms with Gasteiger partial charge in [-0.15, -0.1) is 0 Å². The predicted octanol–water partition coefficient (Wildman–Crippen LogP) is 5.67. The molecular weight excluding hydrogens is 539 g/mol. The number of methoxy groups -OCH3 is 1. The van der Waals surface area contributed by atoms with Gasteiger partial charge in [0.25, 0.3) is 11.8 Å². The number of aryl methyl sites for hydroxylation is 1.